The van der Waals surface area contributed by atoms with E-state index >= 15 is 0 Å². The second-order valence-corrected chi connectivity index (χ2v) is 10.7. The zero-order valence-corrected chi connectivity index (χ0v) is 19.6. The molecule has 0 radical (unpaired) electrons. The summed E-state index contributed by atoms with van der Waals surface area (Å²) in [4.78, 5) is 14.8. The molecule has 2 aliphatic rings. The summed E-state index contributed by atoms with van der Waals surface area (Å²) in [7, 11) is -2.90. The summed E-state index contributed by atoms with van der Waals surface area (Å²) in [5, 5.41) is 11.1. The highest BCUT2D eigenvalue weighted by Gasteiger charge is 2.29. The van der Waals surface area contributed by atoms with Crippen LogP contribution in [0.15, 0.2) is 52.9 Å². The number of carbonyl (C=O) groups is 1. The molecule has 1 amide bonds. The largest absolute Gasteiger partial charge is 0.420 e. The van der Waals surface area contributed by atoms with E-state index in [1.807, 2.05) is 42.5 Å². The van der Waals surface area contributed by atoms with Crippen LogP contribution in [-0.4, -0.2) is 54.0 Å². The Morgan fingerprint density at radius 1 is 1.06 bits per heavy atom. The van der Waals surface area contributed by atoms with Crippen molar-refractivity contribution in [2.45, 2.75) is 25.3 Å². The first-order valence-electron chi connectivity index (χ1n) is 10.7. The number of carbonyl (C=O) groups excluding carboxylic acids is 1. The first-order chi connectivity index (χ1) is 15.4. The number of halogens is 1. The summed E-state index contributed by atoms with van der Waals surface area (Å²) >= 11 is 0. The van der Waals surface area contributed by atoms with Crippen LogP contribution in [-0.2, 0) is 16.4 Å². The first-order valence-corrected chi connectivity index (χ1v) is 12.5. The number of anilines is 1. The molecule has 8 nitrogen and oxygen atoms in total. The Kier molecular flexibility index (Phi) is 6.83. The van der Waals surface area contributed by atoms with Crippen molar-refractivity contribution in [2.24, 2.45) is 0 Å². The number of hydrogen-bond donors (Lipinski definition) is 1. The minimum atomic E-state index is -2.90. The van der Waals surface area contributed by atoms with Crippen molar-refractivity contribution in [3.63, 3.8) is 0 Å². The van der Waals surface area contributed by atoms with Gasteiger partial charge in [0.1, 0.15) is 0 Å². The van der Waals surface area contributed by atoms with Crippen LogP contribution >= 0.6 is 12.4 Å². The van der Waals surface area contributed by atoms with Gasteiger partial charge in [-0.15, -0.1) is 22.6 Å². The molecule has 174 valence electrons. The SMILES string of the molecule is Cl.O=C(Nc1ccc(-c2nnc(C3CC3)o2)cc1)c1cccc(CN2CCS(=O)(=O)CC2)c1. The molecule has 2 heterocycles. The molecule has 0 unspecified atom stereocenters. The highest BCUT2D eigenvalue weighted by atomic mass is 35.5. The zero-order valence-electron chi connectivity index (χ0n) is 17.9. The molecule has 0 spiro atoms. The quantitative estimate of drug-likeness (QED) is 0.565. The Hall–Kier alpha value is -2.75. The molecule has 1 aliphatic carbocycles. The average molecular weight is 489 g/mol. The summed E-state index contributed by atoms with van der Waals surface area (Å²) in [5.74, 6) is 1.78. The Balaban J connectivity index is 0.00000259. The van der Waals surface area contributed by atoms with E-state index in [1.165, 1.54) is 0 Å². The fraction of sp³-hybridized carbons (Fsp3) is 0.348. The highest BCUT2D eigenvalue weighted by Crippen LogP contribution is 2.39. The zero-order chi connectivity index (χ0) is 22.1. The number of rotatable bonds is 6. The minimum absolute atomic E-state index is 0. The van der Waals surface area contributed by atoms with Crippen LogP contribution in [0.2, 0.25) is 0 Å². The lowest BCUT2D eigenvalue weighted by molar-refractivity contribution is 0.102. The Morgan fingerprint density at radius 3 is 2.48 bits per heavy atom. The third-order valence-corrected chi connectivity index (χ3v) is 7.40. The molecule has 1 N–H and O–H groups in total. The van der Waals surface area contributed by atoms with Crippen molar-refractivity contribution < 1.29 is 17.6 Å². The monoisotopic (exact) mass is 488 g/mol. The Bertz CT molecular complexity index is 1230. The molecule has 2 aromatic carbocycles. The van der Waals surface area contributed by atoms with Gasteiger partial charge in [-0.05, 0) is 54.8 Å². The molecule has 3 aromatic rings. The van der Waals surface area contributed by atoms with Crippen molar-refractivity contribution in [2.75, 3.05) is 29.9 Å². The Morgan fingerprint density at radius 2 is 1.79 bits per heavy atom. The maximum atomic E-state index is 12.7. The summed E-state index contributed by atoms with van der Waals surface area (Å²) in [6.45, 7) is 1.67. The lowest BCUT2D eigenvalue weighted by atomic mass is 10.1. The molecule has 0 bridgehead atoms. The molecular weight excluding hydrogens is 464 g/mol. The van der Waals surface area contributed by atoms with E-state index in [-0.39, 0.29) is 29.8 Å². The smallest absolute Gasteiger partial charge is 0.255 e. The number of amides is 1. The van der Waals surface area contributed by atoms with E-state index in [4.69, 9.17) is 4.42 Å². The molecule has 1 saturated heterocycles. The van der Waals surface area contributed by atoms with E-state index in [1.54, 1.807) is 6.07 Å². The minimum Gasteiger partial charge on any atom is -0.420 e. The third-order valence-electron chi connectivity index (χ3n) is 5.79. The Labute approximate surface area is 198 Å². The van der Waals surface area contributed by atoms with Crippen molar-refractivity contribution >= 4 is 33.8 Å². The van der Waals surface area contributed by atoms with Gasteiger partial charge < -0.3 is 9.73 Å². The number of aromatic nitrogens is 2. The topological polar surface area (TPSA) is 105 Å². The molecule has 5 rings (SSSR count). The van der Waals surface area contributed by atoms with Crippen LogP contribution in [0, 0.1) is 0 Å². The van der Waals surface area contributed by atoms with Crippen LogP contribution in [0.4, 0.5) is 5.69 Å². The van der Waals surface area contributed by atoms with Gasteiger partial charge >= 0.3 is 0 Å². The molecule has 1 aromatic heterocycles. The van der Waals surface area contributed by atoms with Gasteiger partial charge in [0.2, 0.25) is 11.8 Å². The number of nitrogens with one attached hydrogen (secondary N) is 1. The van der Waals surface area contributed by atoms with Gasteiger partial charge in [0.15, 0.2) is 9.84 Å². The number of hydrogen-bond acceptors (Lipinski definition) is 7. The molecule has 10 heteroatoms. The third kappa shape index (κ3) is 5.79. The summed E-state index contributed by atoms with van der Waals surface area (Å²) in [6, 6.07) is 14.7. The predicted molar refractivity (Wildman–Crippen MR) is 127 cm³/mol. The van der Waals surface area contributed by atoms with Gasteiger partial charge in [0.05, 0.1) is 11.5 Å². The standard InChI is InChI=1S/C23H24N4O4S.ClH/c28-21(19-3-1-2-16(14-19)15-27-10-12-32(29,30)13-11-27)24-20-8-6-18(7-9-20)23-26-25-22(31-23)17-4-5-17;/h1-3,6-9,14,17H,4-5,10-13,15H2,(H,24,28);1H. The number of nitrogens with zero attached hydrogens (tertiary/aromatic N) is 3. The van der Waals surface area contributed by atoms with Gasteiger partial charge in [0.25, 0.3) is 5.91 Å². The van der Waals surface area contributed by atoms with Crippen molar-refractivity contribution in [3.05, 3.63) is 65.5 Å². The van der Waals surface area contributed by atoms with Crippen molar-refractivity contribution in [1.82, 2.24) is 15.1 Å². The molecule has 33 heavy (non-hydrogen) atoms. The van der Waals surface area contributed by atoms with Crippen LogP contribution in [0.3, 0.4) is 0 Å². The van der Waals surface area contributed by atoms with Crippen LogP contribution in [0.5, 0.6) is 0 Å². The number of benzene rings is 2. The molecule has 1 aliphatic heterocycles. The maximum Gasteiger partial charge on any atom is 0.255 e. The van der Waals surface area contributed by atoms with E-state index in [9.17, 15) is 13.2 Å². The van der Waals surface area contributed by atoms with E-state index in [0.29, 0.717) is 48.6 Å². The lowest BCUT2D eigenvalue weighted by Crippen LogP contribution is -2.39. The average Bonchev–Trinajstić information content (AvgIpc) is 3.53. The lowest BCUT2D eigenvalue weighted by Gasteiger charge is -2.26. The van der Waals surface area contributed by atoms with E-state index in [2.05, 4.69) is 20.4 Å². The number of sulfone groups is 1. The fourth-order valence-corrected chi connectivity index (χ4v) is 5.00. The predicted octanol–water partition coefficient (Wildman–Crippen LogP) is 3.52. The summed E-state index contributed by atoms with van der Waals surface area (Å²) in [5.41, 5.74) is 3.03. The van der Waals surface area contributed by atoms with Gasteiger partial charge in [-0.1, -0.05) is 12.1 Å². The summed E-state index contributed by atoms with van der Waals surface area (Å²) in [6.07, 6.45) is 2.21. The molecule has 0 atom stereocenters. The van der Waals surface area contributed by atoms with Crippen LogP contribution in [0.1, 0.15) is 40.6 Å². The van der Waals surface area contributed by atoms with Gasteiger partial charge in [-0.3, -0.25) is 9.69 Å². The van der Waals surface area contributed by atoms with Crippen LogP contribution < -0.4 is 5.32 Å². The van der Waals surface area contributed by atoms with E-state index < -0.39 is 9.84 Å². The van der Waals surface area contributed by atoms with Crippen molar-refractivity contribution in [3.8, 4) is 11.5 Å². The molecule has 1 saturated carbocycles. The maximum absolute atomic E-state index is 12.7. The first kappa shape index (κ1) is 23.4. The highest BCUT2D eigenvalue weighted by molar-refractivity contribution is 7.91. The fourth-order valence-electron chi connectivity index (χ4n) is 3.72. The summed E-state index contributed by atoms with van der Waals surface area (Å²) < 4.78 is 28.9. The molecule has 2 fully saturated rings. The van der Waals surface area contributed by atoms with Gasteiger partial charge in [-0.25, -0.2) is 8.42 Å². The molecular formula is C23H25ClN4O4S. The second kappa shape index (κ2) is 9.62. The van der Waals surface area contributed by atoms with Crippen LogP contribution in [0.25, 0.3) is 11.5 Å². The normalized spacial score (nSPS) is 17.8. The van der Waals surface area contributed by atoms with E-state index in [0.717, 1.165) is 24.0 Å². The van der Waals surface area contributed by atoms with Crippen molar-refractivity contribution in [1.29, 1.82) is 0 Å². The second-order valence-electron chi connectivity index (χ2n) is 8.38. The van der Waals surface area contributed by atoms with Gasteiger partial charge in [0, 0.05) is 42.4 Å². The van der Waals surface area contributed by atoms with Gasteiger partial charge in [-0.2, -0.15) is 0 Å².